The lowest BCUT2D eigenvalue weighted by Crippen LogP contribution is -2.21. The summed E-state index contributed by atoms with van der Waals surface area (Å²) < 4.78 is 5.48. The molecule has 0 radical (unpaired) electrons. The summed E-state index contributed by atoms with van der Waals surface area (Å²) in [4.78, 5) is 5.63. The van der Waals surface area contributed by atoms with Crippen molar-refractivity contribution in [2.75, 3.05) is 0 Å². The van der Waals surface area contributed by atoms with Gasteiger partial charge in [0.15, 0.2) is 0 Å². The zero-order chi connectivity index (χ0) is 11.5. The van der Waals surface area contributed by atoms with Gasteiger partial charge in [-0.3, -0.25) is 4.84 Å². The number of fused-ring (bicyclic) bond motifs is 1. The van der Waals surface area contributed by atoms with Crippen LogP contribution in [0.25, 0.3) is 11.0 Å². The summed E-state index contributed by atoms with van der Waals surface area (Å²) in [7, 11) is 0. The normalized spacial score (nSPS) is 16.9. The molecule has 0 aliphatic heterocycles. The molecule has 17 heavy (non-hydrogen) atoms. The van der Waals surface area contributed by atoms with Crippen LogP contribution < -0.4 is 5.48 Å². The predicted octanol–water partition coefficient (Wildman–Crippen LogP) is 3.40. The minimum absolute atomic E-state index is 0.396. The van der Waals surface area contributed by atoms with E-state index >= 15 is 0 Å². The summed E-state index contributed by atoms with van der Waals surface area (Å²) in [6.45, 7) is 0.702. The second-order valence-corrected chi connectivity index (χ2v) is 4.60. The summed E-state index contributed by atoms with van der Waals surface area (Å²) in [6, 6.07) is 8.07. The standard InChI is InChI=1S/C14H17NO2/c1-2-6-12(5-1)17-15-9-11-10-16-14-8-4-3-7-13(11)14/h3-4,7-8,10,12,15H,1-2,5-6,9H2. The van der Waals surface area contributed by atoms with Crippen molar-refractivity contribution in [3.63, 3.8) is 0 Å². The van der Waals surface area contributed by atoms with Gasteiger partial charge in [0.25, 0.3) is 0 Å². The molecule has 1 aromatic carbocycles. The molecular weight excluding hydrogens is 214 g/mol. The maximum atomic E-state index is 5.63. The smallest absolute Gasteiger partial charge is 0.134 e. The van der Waals surface area contributed by atoms with Gasteiger partial charge < -0.3 is 4.42 Å². The van der Waals surface area contributed by atoms with E-state index < -0.39 is 0 Å². The molecule has 3 heteroatoms. The molecule has 1 heterocycles. The van der Waals surface area contributed by atoms with Gasteiger partial charge in [-0.2, -0.15) is 5.48 Å². The van der Waals surface area contributed by atoms with Crippen molar-refractivity contribution in [2.45, 2.75) is 38.3 Å². The average molecular weight is 231 g/mol. The van der Waals surface area contributed by atoms with E-state index in [0.717, 1.165) is 16.5 Å². The van der Waals surface area contributed by atoms with E-state index in [2.05, 4.69) is 11.5 Å². The lowest BCUT2D eigenvalue weighted by atomic mass is 10.2. The van der Waals surface area contributed by atoms with Crippen LogP contribution >= 0.6 is 0 Å². The fraction of sp³-hybridized carbons (Fsp3) is 0.429. The van der Waals surface area contributed by atoms with Gasteiger partial charge in [-0.1, -0.05) is 31.0 Å². The molecule has 2 aromatic rings. The monoisotopic (exact) mass is 231 g/mol. The van der Waals surface area contributed by atoms with Gasteiger partial charge in [0.05, 0.1) is 12.4 Å². The van der Waals surface area contributed by atoms with E-state index in [4.69, 9.17) is 9.25 Å². The molecule has 1 saturated carbocycles. The summed E-state index contributed by atoms with van der Waals surface area (Å²) >= 11 is 0. The Labute approximate surface area is 101 Å². The highest BCUT2D eigenvalue weighted by Crippen LogP contribution is 2.22. The van der Waals surface area contributed by atoms with E-state index in [1.54, 1.807) is 6.26 Å². The molecule has 1 aliphatic carbocycles. The molecule has 90 valence electrons. The van der Waals surface area contributed by atoms with Crippen LogP contribution in [0.15, 0.2) is 34.9 Å². The van der Waals surface area contributed by atoms with E-state index in [0.29, 0.717) is 12.6 Å². The highest BCUT2D eigenvalue weighted by molar-refractivity contribution is 5.80. The Balaban J connectivity index is 1.60. The average Bonchev–Trinajstić information content (AvgIpc) is 2.99. The minimum atomic E-state index is 0.396. The van der Waals surface area contributed by atoms with Crippen molar-refractivity contribution < 1.29 is 9.25 Å². The maximum Gasteiger partial charge on any atom is 0.134 e. The predicted molar refractivity (Wildman–Crippen MR) is 66.4 cm³/mol. The Morgan fingerprint density at radius 3 is 2.94 bits per heavy atom. The summed E-state index contributed by atoms with van der Waals surface area (Å²) in [5.41, 5.74) is 5.15. The number of nitrogens with one attached hydrogen (secondary N) is 1. The van der Waals surface area contributed by atoms with Crippen LogP contribution in [0.3, 0.4) is 0 Å². The molecule has 1 aliphatic rings. The van der Waals surface area contributed by atoms with Crippen molar-refractivity contribution in [1.29, 1.82) is 0 Å². The molecule has 0 amide bonds. The summed E-state index contributed by atoms with van der Waals surface area (Å²) in [5.74, 6) is 0. The number of rotatable bonds is 4. The van der Waals surface area contributed by atoms with Gasteiger partial charge in [-0.05, 0) is 18.9 Å². The first-order valence-corrected chi connectivity index (χ1v) is 6.27. The van der Waals surface area contributed by atoms with E-state index in [1.807, 2.05) is 18.2 Å². The van der Waals surface area contributed by atoms with Gasteiger partial charge in [0.1, 0.15) is 5.58 Å². The Bertz CT molecular complexity index is 486. The molecule has 3 nitrogen and oxygen atoms in total. The molecule has 0 atom stereocenters. The van der Waals surface area contributed by atoms with E-state index in [-0.39, 0.29) is 0 Å². The summed E-state index contributed by atoms with van der Waals surface area (Å²) in [5, 5.41) is 1.16. The number of para-hydroxylation sites is 1. The van der Waals surface area contributed by atoms with Gasteiger partial charge in [-0.25, -0.2) is 0 Å². The highest BCUT2D eigenvalue weighted by Gasteiger charge is 2.15. The quantitative estimate of drug-likeness (QED) is 0.819. The highest BCUT2D eigenvalue weighted by atomic mass is 16.7. The molecule has 0 spiro atoms. The van der Waals surface area contributed by atoms with Crippen molar-refractivity contribution in [1.82, 2.24) is 5.48 Å². The van der Waals surface area contributed by atoms with Crippen molar-refractivity contribution >= 4 is 11.0 Å². The molecule has 1 N–H and O–H groups in total. The minimum Gasteiger partial charge on any atom is -0.464 e. The van der Waals surface area contributed by atoms with Crippen molar-refractivity contribution in [2.24, 2.45) is 0 Å². The number of benzene rings is 1. The Morgan fingerprint density at radius 2 is 2.06 bits per heavy atom. The van der Waals surface area contributed by atoms with Gasteiger partial charge in [-0.15, -0.1) is 0 Å². The van der Waals surface area contributed by atoms with Crippen LogP contribution in [0, 0.1) is 0 Å². The number of hydrogen-bond donors (Lipinski definition) is 1. The van der Waals surface area contributed by atoms with E-state index in [1.165, 1.54) is 25.7 Å². The second kappa shape index (κ2) is 4.90. The Hall–Kier alpha value is -1.32. The van der Waals surface area contributed by atoms with E-state index in [9.17, 15) is 0 Å². The second-order valence-electron chi connectivity index (χ2n) is 4.60. The Morgan fingerprint density at radius 1 is 1.24 bits per heavy atom. The molecule has 0 unspecified atom stereocenters. The Kier molecular flexibility index (Phi) is 3.12. The van der Waals surface area contributed by atoms with Crippen LogP contribution in [0.1, 0.15) is 31.2 Å². The lowest BCUT2D eigenvalue weighted by molar-refractivity contribution is -0.0243. The fourth-order valence-corrected chi connectivity index (χ4v) is 2.41. The maximum absolute atomic E-state index is 5.63. The van der Waals surface area contributed by atoms with Crippen LogP contribution in [-0.2, 0) is 11.4 Å². The van der Waals surface area contributed by atoms with Crippen LogP contribution in [0.5, 0.6) is 0 Å². The first-order valence-electron chi connectivity index (χ1n) is 6.27. The van der Waals surface area contributed by atoms with Crippen LogP contribution in [0.2, 0.25) is 0 Å². The largest absolute Gasteiger partial charge is 0.464 e. The number of furan rings is 1. The number of hydrogen-bond acceptors (Lipinski definition) is 3. The number of hydroxylamine groups is 1. The third-order valence-electron chi connectivity index (χ3n) is 3.38. The SMILES string of the molecule is c1ccc2c(CNOC3CCCC3)coc2c1. The summed E-state index contributed by atoms with van der Waals surface area (Å²) in [6.07, 6.45) is 7.14. The topological polar surface area (TPSA) is 34.4 Å². The van der Waals surface area contributed by atoms with Crippen LogP contribution in [-0.4, -0.2) is 6.10 Å². The third kappa shape index (κ3) is 2.35. The van der Waals surface area contributed by atoms with Crippen molar-refractivity contribution in [3.8, 4) is 0 Å². The third-order valence-corrected chi connectivity index (χ3v) is 3.38. The molecule has 0 bridgehead atoms. The molecule has 3 rings (SSSR count). The van der Waals surface area contributed by atoms with Crippen LogP contribution in [0.4, 0.5) is 0 Å². The zero-order valence-electron chi connectivity index (χ0n) is 9.82. The molecule has 1 fully saturated rings. The first kappa shape index (κ1) is 10.8. The van der Waals surface area contributed by atoms with Gasteiger partial charge in [0.2, 0.25) is 0 Å². The van der Waals surface area contributed by atoms with Gasteiger partial charge in [0, 0.05) is 17.5 Å². The zero-order valence-corrected chi connectivity index (χ0v) is 9.82. The fourth-order valence-electron chi connectivity index (χ4n) is 2.41. The molecule has 1 aromatic heterocycles. The van der Waals surface area contributed by atoms with Crippen molar-refractivity contribution in [3.05, 3.63) is 36.1 Å². The first-order chi connectivity index (χ1) is 8.43. The molecular formula is C14H17NO2. The van der Waals surface area contributed by atoms with Gasteiger partial charge >= 0.3 is 0 Å². The molecule has 0 saturated heterocycles. The lowest BCUT2D eigenvalue weighted by Gasteiger charge is -2.10.